The topological polar surface area (TPSA) is 64.6 Å². The molecule has 0 atom stereocenters. The van der Waals surface area contributed by atoms with Crippen LogP contribution in [-0.4, -0.2) is 40.5 Å². The van der Waals surface area contributed by atoms with Crippen molar-refractivity contribution in [2.45, 2.75) is 26.3 Å². The molecule has 0 aliphatic carbocycles. The summed E-state index contributed by atoms with van der Waals surface area (Å²) >= 11 is 0. The zero-order valence-corrected chi connectivity index (χ0v) is 16.0. The van der Waals surface area contributed by atoms with E-state index < -0.39 is 5.69 Å². The van der Waals surface area contributed by atoms with Crippen LogP contribution in [0.5, 0.6) is 0 Å². The number of hydrogen-bond donors (Lipinski definition) is 1. The van der Waals surface area contributed by atoms with Crippen LogP contribution in [0, 0.1) is 0 Å². The van der Waals surface area contributed by atoms with Crippen molar-refractivity contribution in [3.8, 4) is 0 Å². The molecule has 1 N–H and O–H groups in total. The number of aromatic nitrogens is 3. The molecule has 1 aliphatic rings. The maximum Gasteiger partial charge on any atom is 0.346 e. The first-order valence-electron chi connectivity index (χ1n) is 9.18. The first-order valence-corrected chi connectivity index (χ1v) is 9.18. The minimum absolute atomic E-state index is 0.319. The van der Waals surface area contributed by atoms with E-state index in [9.17, 15) is 9.59 Å². The Hall–Kier alpha value is -2.41. The molecule has 2 aromatic rings. The minimum Gasteiger partial charge on any atom is -0.339 e. The van der Waals surface area contributed by atoms with E-state index >= 15 is 0 Å². The van der Waals surface area contributed by atoms with Crippen LogP contribution in [0.25, 0.3) is 0 Å². The Morgan fingerprint density at radius 1 is 1.08 bits per heavy atom. The average molecular weight is 358 g/mol. The highest BCUT2D eigenvalue weighted by molar-refractivity contribution is 5.34. The van der Waals surface area contributed by atoms with Crippen LogP contribution in [0.1, 0.15) is 30.9 Å². The monoisotopic (exact) mass is 358 g/mol. The third-order valence-electron chi connectivity index (χ3n) is 5.18. The lowest BCUT2D eigenvalue weighted by molar-refractivity contribution is -0.914. The SMILES string of the molecule is CC(C)c1ccc(C[NH+]2CCN(c3nn(C)c(=O)n(C)c3=O)CC2)cc1. The summed E-state index contributed by atoms with van der Waals surface area (Å²) in [6.45, 7) is 8.82. The van der Waals surface area contributed by atoms with Gasteiger partial charge in [-0.15, -0.1) is 5.10 Å². The molecule has 1 aromatic heterocycles. The summed E-state index contributed by atoms with van der Waals surface area (Å²) in [5.74, 6) is 0.923. The van der Waals surface area contributed by atoms with E-state index in [4.69, 9.17) is 0 Å². The van der Waals surface area contributed by atoms with Gasteiger partial charge in [-0.25, -0.2) is 9.48 Å². The zero-order valence-electron chi connectivity index (χ0n) is 16.0. The molecule has 1 saturated heterocycles. The van der Waals surface area contributed by atoms with E-state index in [0.717, 1.165) is 37.3 Å². The second-order valence-corrected chi connectivity index (χ2v) is 7.40. The number of benzene rings is 1. The van der Waals surface area contributed by atoms with E-state index in [1.54, 1.807) is 7.05 Å². The van der Waals surface area contributed by atoms with Crippen LogP contribution in [0.15, 0.2) is 33.9 Å². The lowest BCUT2D eigenvalue weighted by Crippen LogP contribution is -3.13. The van der Waals surface area contributed by atoms with Crippen LogP contribution < -0.4 is 21.0 Å². The Morgan fingerprint density at radius 2 is 1.69 bits per heavy atom. The zero-order chi connectivity index (χ0) is 18.8. The highest BCUT2D eigenvalue weighted by Gasteiger charge is 2.24. The van der Waals surface area contributed by atoms with Gasteiger partial charge in [0, 0.05) is 19.7 Å². The predicted octanol–water partition coefficient (Wildman–Crippen LogP) is -0.492. The standard InChI is InChI=1S/C19H27N5O2/c1-14(2)16-7-5-15(6-8-16)13-23-9-11-24(12-10-23)17-18(25)21(3)19(26)22(4)20-17/h5-8,14H,9-13H2,1-4H3/p+1. The smallest absolute Gasteiger partial charge is 0.339 e. The molecule has 1 aromatic carbocycles. The summed E-state index contributed by atoms with van der Waals surface area (Å²) in [6, 6.07) is 8.87. The highest BCUT2D eigenvalue weighted by atomic mass is 16.2. The van der Waals surface area contributed by atoms with E-state index in [0.29, 0.717) is 11.7 Å². The van der Waals surface area contributed by atoms with Gasteiger partial charge in [-0.05, 0) is 11.5 Å². The number of hydrogen-bond acceptors (Lipinski definition) is 4. The Kier molecular flexibility index (Phi) is 5.27. The Balaban J connectivity index is 1.64. The molecule has 0 radical (unpaired) electrons. The Bertz CT molecular complexity index is 874. The van der Waals surface area contributed by atoms with Gasteiger partial charge in [0.15, 0.2) is 0 Å². The summed E-state index contributed by atoms with van der Waals surface area (Å²) in [5.41, 5.74) is 1.99. The maximum atomic E-state index is 12.3. The molecule has 2 heterocycles. The molecule has 0 unspecified atom stereocenters. The first-order chi connectivity index (χ1) is 12.4. The molecule has 7 heteroatoms. The summed E-state index contributed by atoms with van der Waals surface area (Å²) in [5, 5.41) is 4.18. The van der Waals surface area contributed by atoms with Gasteiger partial charge in [0.05, 0.1) is 26.2 Å². The van der Waals surface area contributed by atoms with Crippen molar-refractivity contribution in [3.63, 3.8) is 0 Å². The molecule has 0 bridgehead atoms. The van der Waals surface area contributed by atoms with E-state index in [-0.39, 0.29) is 5.56 Å². The normalized spacial score (nSPS) is 15.7. The van der Waals surface area contributed by atoms with E-state index in [1.165, 1.54) is 27.8 Å². The fourth-order valence-electron chi connectivity index (χ4n) is 3.40. The second-order valence-electron chi connectivity index (χ2n) is 7.40. The number of nitrogens with zero attached hydrogens (tertiary/aromatic N) is 4. The Morgan fingerprint density at radius 3 is 2.27 bits per heavy atom. The molecule has 7 nitrogen and oxygen atoms in total. The van der Waals surface area contributed by atoms with Gasteiger partial charge in [0.1, 0.15) is 6.54 Å². The van der Waals surface area contributed by atoms with Crippen LogP contribution in [-0.2, 0) is 20.6 Å². The molecule has 0 spiro atoms. The van der Waals surface area contributed by atoms with Crippen LogP contribution in [0.2, 0.25) is 0 Å². The van der Waals surface area contributed by atoms with Gasteiger partial charge < -0.3 is 9.80 Å². The van der Waals surface area contributed by atoms with Crippen LogP contribution in [0.3, 0.4) is 0 Å². The van der Waals surface area contributed by atoms with Gasteiger partial charge in [-0.1, -0.05) is 38.1 Å². The van der Waals surface area contributed by atoms with Crippen molar-refractivity contribution in [1.29, 1.82) is 0 Å². The van der Waals surface area contributed by atoms with Crippen LogP contribution >= 0.6 is 0 Å². The maximum absolute atomic E-state index is 12.3. The third-order valence-corrected chi connectivity index (χ3v) is 5.18. The number of rotatable bonds is 4. The fraction of sp³-hybridized carbons (Fsp3) is 0.526. The lowest BCUT2D eigenvalue weighted by Gasteiger charge is -2.32. The molecular formula is C19H28N5O2+. The van der Waals surface area contributed by atoms with Gasteiger partial charge >= 0.3 is 5.69 Å². The predicted molar refractivity (Wildman–Crippen MR) is 102 cm³/mol. The van der Waals surface area contributed by atoms with Crippen molar-refractivity contribution in [2.75, 3.05) is 31.1 Å². The molecule has 3 rings (SSSR count). The molecule has 140 valence electrons. The minimum atomic E-state index is -0.396. The first kappa shape index (κ1) is 18.4. The third kappa shape index (κ3) is 3.72. The summed E-state index contributed by atoms with van der Waals surface area (Å²) in [6.07, 6.45) is 0. The van der Waals surface area contributed by atoms with Gasteiger partial charge in [-0.3, -0.25) is 9.36 Å². The number of quaternary nitrogens is 1. The molecular weight excluding hydrogens is 330 g/mol. The Labute approximate surface area is 153 Å². The fourth-order valence-corrected chi connectivity index (χ4v) is 3.40. The molecule has 26 heavy (non-hydrogen) atoms. The van der Waals surface area contributed by atoms with Gasteiger partial charge in [0.2, 0.25) is 5.82 Å². The van der Waals surface area contributed by atoms with Crippen molar-refractivity contribution in [2.24, 2.45) is 14.1 Å². The quantitative estimate of drug-likeness (QED) is 0.801. The second kappa shape index (κ2) is 7.45. The van der Waals surface area contributed by atoms with Gasteiger partial charge in [-0.2, -0.15) is 0 Å². The van der Waals surface area contributed by atoms with Crippen molar-refractivity contribution in [3.05, 3.63) is 56.2 Å². The van der Waals surface area contributed by atoms with E-state index in [1.807, 2.05) is 4.90 Å². The number of nitrogens with one attached hydrogen (secondary N) is 1. The summed E-state index contributed by atoms with van der Waals surface area (Å²) in [4.78, 5) is 27.6. The van der Waals surface area contributed by atoms with Crippen molar-refractivity contribution >= 4 is 5.82 Å². The van der Waals surface area contributed by atoms with E-state index in [2.05, 4.69) is 43.2 Å². The van der Waals surface area contributed by atoms with Gasteiger partial charge in [0.25, 0.3) is 5.56 Å². The molecule has 0 amide bonds. The summed E-state index contributed by atoms with van der Waals surface area (Å²) < 4.78 is 2.35. The van der Waals surface area contributed by atoms with Crippen LogP contribution in [0.4, 0.5) is 5.82 Å². The molecule has 0 saturated carbocycles. The average Bonchev–Trinajstić information content (AvgIpc) is 2.64. The molecule has 1 fully saturated rings. The molecule has 1 aliphatic heterocycles. The number of piperazine rings is 1. The summed E-state index contributed by atoms with van der Waals surface area (Å²) in [7, 11) is 3.08. The largest absolute Gasteiger partial charge is 0.346 e. The van der Waals surface area contributed by atoms with Crippen molar-refractivity contribution < 1.29 is 4.90 Å². The number of anilines is 1. The number of aryl methyl sites for hydroxylation is 1. The lowest BCUT2D eigenvalue weighted by atomic mass is 10.0. The highest BCUT2D eigenvalue weighted by Crippen LogP contribution is 2.14. The van der Waals surface area contributed by atoms with Crippen molar-refractivity contribution in [1.82, 2.24) is 14.3 Å².